The molecule has 0 saturated heterocycles. The van der Waals surface area contributed by atoms with Gasteiger partial charge in [0.25, 0.3) is 0 Å². The lowest BCUT2D eigenvalue weighted by molar-refractivity contribution is -0.119. The summed E-state index contributed by atoms with van der Waals surface area (Å²) in [6.07, 6.45) is 0. The van der Waals surface area contributed by atoms with Crippen LogP contribution in [-0.4, -0.2) is 14.3 Å². The Morgan fingerprint density at radius 3 is 2.54 bits per heavy atom. The Morgan fingerprint density at radius 1 is 1.12 bits per heavy atom. The summed E-state index contributed by atoms with van der Waals surface area (Å²) in [6, 6.07) is 12.4. The van der Waals surface area contributed by atoms with Crippen molar-refractivity contribution in [1.82, 2.24) is 4.72 Å². The fraction of sp³-hybridized carbons (Fsp3) is 0.278. The molecule has 0 unspecified atom stereocenters. The predicted molar refractivity (Wildman–Crippen MR) is 93.3 cm³/mol. The first-order chi connectivity index (χ1) is 11.2. The van der Waals surface area contributed by atoms with Crippen molar-refractivity contribution in [2.45, 2.75) is 37.6 Å². The molecule has 0 atom stereocenters. The third-order valence-electron chi connectivity index (χ3n) is 4.42. The summed E-state index contributed by atoms with van der Waals surface area (Å²) < 4.78 is 27.6. The topological polar surface area (TPSA) is 75.3 Å². The summed E-state index contributed by atoms with van der Waals surface area (Å²) >= 11 is 0. The number of fused-ring (bicyclic) bond motifs is 1. The van der Waals surface area contributed by atoms with Gasteiger partial charge in [0, 0.05) is 12.2 Å². The molecular weight excluding hydrogens is 324 g/mol. The fourth-order valence-electron chi connectivity index (χ4n) is 2.84. The van der Waals surface area contributed by atoms with Crippen LogP contribution in [0.1, 0.15) is 30.5 Å². The zero-order chi connectivity index (χ0) is 17.5. The van der Waals surface area contributed by atoms with Gasteiger partial charge in [-0.15, -0.1) is 0 Å². The average Bonchev–Trinajstić information content (AvgIpc) is 2.75. The molecule has 0 saturated carbocycles. The van der Waals surface area contributed by atoms with Gasteiger partial charge in [-0.25, -0.2) is 13.1 Å². The van der Waals surface area contributed by atoms with Gasteiger partial charge in [0.2, 0.25) is 15.9 Å². The van der Waals surface area contributed by atoms with Crippen molar-refractivity contribution in [2.24, 2.45) is 0 Å². The van der Waals surface area contributed by atoms with E-state index in [1.54, 1.807) is 31.2 Å². The van der Waals surface area contributed by atoms with E-state index in [9.17, 15) is 13.2 Å². The lowest BCUT2D eigenvalue weighted by Gasteiger charge is -2.16. The maximum absolute atomic E-state index is 12.5. The molecule has 1 aliphatic heterocycles. The van der Waals surface area contributed by atoms with Gasteiger partial charge < -0.3 is 5.32 Å². The molecule has 2 aromatic rings. The molecule has 0 fully saturated rings. The smallest absolute Gasteiger partial charge is 0.241 e. The lowest BCUT2D eigenvalue weighted by Crippen LogP contribution is -2.27. The van der Waals surface area contributed by atoms with Gasteiger partial charge in [-0.05, 0) is 49.6 Å². The fourth-order valence-corrected chi connectivity index (χ4v) is 4.10. The zero-order valence-electron chi connectivity index (χ0n) is 13.9. The Bertz CT molecular complexity index is 918. The van der Waals surface area contributed by atoms with E-state index < -0.39 is 15.4 Å². The van der Waals surface area contributed by atoms with Gasteiger partial charge in [0.1, 0.15) is 0 Å². The maximum Gasteiger partial charge on any atom is 0.241 e. The Morgan fingerprint density at radius 2 is 1.83 bits per heavy atom. The minimum atomic E-state index is -3.58. The third-order valence-corrected chi connectivity index (χ3v) is 5.98. The summed E-state index contributed by atoms with van der Waals surface area (Å²) in [4.78, 5) is 12.3. The van der Waals surface area contributed by atoms with Crippen LogP contribution in [0.25, 0.3) is 0 Å². The van der Waals surface area contributed by atoms with Gasteiger partial charge in [0.05, 0.1) is 10.3 Å². The van der Waals surface area contributed by atoms with Crippen molar-refractivity contribution in [2.75, 3.05) is 5.32 Å². The van der Waals surface area contributed by atoms with Crippen LogP contribution >= 0.6 is 0 Å². The van der Waals surface area contributed by atoms with Crippen LogP contribution in [0, 0.1) is 6.92 Å². The van der Waals surface area contributed by atoms with E-state index in [2.05, 4.69) is 10.0 Å². The van der Waals surface area contributed by atoms with Crippen molar-refractivity contribution in [3.05, 3.63) is 59.2 Å². The summed E-state index contributed by atoms with van der Waals surface area (Å²) in [5.74, 6) is -0.0462. The van der Waals surface area contributed by atoms with Crippen LogP contribution in [0.5, 0.6) is 0 Å². The third kappa shape index (κ3) is 2.83. The van der Waals surface area contributed by atoms with Crippen molar-refractivity contribution in [3.8, 4) is 0 Å². The molecule has 0 radical (unpaired) electrons. The number of carbonyl (C=O) groups excluding carboxylic acids is 1. The van der Waals surface area contributed by atoms with Gasteiger partial charge in [-0.2, -0.15) is 0 Å². The lowest BCUT2D eigenvalue weighted by atomic mass is 9.85. The largest absolute Gasteiger partial charge is 0.325 e. The predicted octanol–water partition coefficient (Wildman–Crippen LogP) is 2.70. The molecule has 0 spiro atoms. The first-order valence-corrected chi connectivity index (χ1v) is 9.20. The number of benzene rings is 2. The van der Waals surface area contributed by atoms with Crippen LogP contribution in [0.15, 0.2) is 47.4 Å². The molecule has 2 aromatic carbocycles. The molecule has 126 valence electrons. The summed E-state index contributed by atoms with van der Waals surface area (Å²) in [6.45, 7) is 5.66. The van der Waals surface area contributed by atoms with Gasteiger partial charge in [-0.3, -0.25) is 4.79 Å². The number of anilines is 1. The van der Waals surface area contributed by atoms with E-state index in [1.165, 1.54) is 0 Å². The second-order valence-electron chi connectivity index (χ2n) is 6.55. The van der Waals surface area contributed by atoms with E-state index in [0.717, 1.165) is 16.8 Å². The number of aryl methyl sites for hydroxylation is 1. The first-order valence-electron chi connectivity index (χ1n) is 7.72. The molecule has 2 N–H and O–H groups in total. The van der Waals surface area contributed by atoms with E-state index in [1.807, 2.05) is 32.0 Å². The highest BCUT2D eigenvalue weighted by molar-refractivity contribution is 7.89. The van der Waals surface area contributed by atoms with Crippen LogP contribution in [0.3, 0.4) is 0 Å². The molecule has 0 aliphatic carbocycles. The number of hydrogen-bond acceptors (Lipinski definition) is 3. The quantitative estimate of drug-likeness (QED) is 0.895. The standard InChI is InChI=1S/C18H20N2O3S/c1-12-6-4-5-7-16(12)24(22,23)19-11-13-8-9-15-14(10-13)18(2,3)17(21)20-15/h4-10,19H,11H2,1-3H3,(H,20,21). The van der Waals surface area contributed by atoms with Crippen LogP contribution in [0.4, 0.5) is 5.69 Å². The molecule has 6 heteroatoms. The second-order valence-corrected chi connectivity index (χ2v) is 8.28. The molecule has 1 aliphatic rings. The zero-order valence-corrected chi connectivity index (χ0v) is 14.7. The number of sulfonamides is 1. The molecule has 24 heavy (non-hydrogen) atoms. The monoisotopic (exact) mass is 344 g/mol. The highest BCUT2D eigenvalue weighted by Gasteiger charge is 2.38. The molecular formula is C18H20N2O3S. The average molecular weight is 344 g/mol. The first kappa shape index (κ1) is 16.7. The molecule has 1 amide bonds. The number of nitrogens with one attached hydrogen (secondary N) is 2. The van der Waals surface area contributed by atoms with Crippen molar-refractivity contribution in [3.63, 3.8) is 0 Å². The second kappa shape index (κ2) is 5.72. The van der Waals surface area contributed by atoms with Crippen molar-refractivity contribution < 1.29 is 13.2 Å². The maximum atomic E-state index is 12.5. The Labute approximate surface area is 142 Å². The van der Waals surface area contributed by atoms with Crippen LogP contribution in [-0.2, 0) is 26.8 Å². The Hall–Kier alpha value is -2.18. The van der Waals surface area contributed by atoms with E-state index in [4.69, 9.17) is 0 Å². The SMILES string of the molecule is Cc1ccccc1S(=O)(=O)NCc1ccc2c(c1)C(C)(C)C(=O)N2. The van der Waals surface area contributed by atoms with Crippen molar-refractivity contribution >= 4 is 21.6 Å². The normalized spacial score (nSPS) is 15.9. The number of amides is 1. The molecule has 3 rings (SSSR count). The summed E-state index contributed by atoms with van der Waals surface area (Å²) in [5.41, 5.74) is 2.58. The number of carbonyl (C=O) groups is 1. The molecule has 5 nitrogen and oxygen atoms in total. The van der Waals surface area contributed by atoms with E-state index in [0.29, 0.717) is 5.56 Å². The molecule has 0 aromatic heterocycles. The van der Waals surface area contributed by atoms with E-state index in [-0.39, 0.29) is 17.3 Å². The Balaban J connectivity index is 1.83. The summed E-state index contributed by atoms with van der Waals surface area (Å²) in [7, 11) is -3.58. The summed E-state index contributed by atoms with van der Waals surface area (Å²) in [5, 5.41) is 2.84. The van der Waals surface area contributed by atoms with Crippen molar-refractivity contribution in [1.29, 1.82) is 0 Å². The number of rotatable bonds is 4. The van der Waals surface area contributed by atoms with E-state index >= 15 is 0 Å². The highest BCUT2D eigenvalue weighted by atomic mass is 32.2. The molecule has 1 heterocycles. The van der Waals surface area contributed by atoms with Crippen LogP contribution < -0.4 is 10.0 Å². The Kier molecular flexibility index (Phi) is 3.97. The van der Waals surface area contributed by atoms with Crippen LogP contribution in [0.2, 0.25) is 0 Å². The minimum Gasteiger partial charge on any atom is -0.325 e. The van der Waals surface area contributed by atoms with Gasteiger partial charge >= 0.3 is 0 Å². The highest BCUT2D eigenvalue weighted by Crippen LogP contribution is 2.37. The minimum absolute atomic E-state index is 0.0462. The number of hydrogen-bond donors (Lipinski definition) is 2. The van der Waals surface area contributed by atoms with Gasteiger partial charge in [-0.1, -0.05) is 30.3 Å². The molecule has 0 bridgehead atoms. The van der Waals surface area contributed by atoms with Gasteiger partial charge in [0.15, 0.2) is 0 Å².